The van der Waals surface area contributed by atoms with Gasteiger partial charge in [0, 0.05) is 0 Å². The average molecular weight is 133 g/mol. The van der Waals surface area contributed by atoms with Crippen LogP contribution in [-0.4, -0.2) is 23.7 Å². The van der Waals surface area contributed by atoms with Gasteiger partial charge in [-0.05, 0) is 13.8 Å². The van der Waals surface area contributed by atoms with Gasteiger partial charge in [0.05, 0.1) is 7.11 Å². The summed E-state index contributed by atoms with van der Waals surface area (Å²) in [5.41, 5.74) is 1.32. The molecule has 0 spiro atoms. The van der Waals surface area contributed by atoms with E-state index in [0.717, 1.165) is 0 Å². The van der Waals surface area contributed by atoms with Crippen molar-refractivity contribution in [3.63, 3.8) is 0 Å². The third kappa shape index (κ3) is 2.43. The summed E-state index contributed by atoms with van der Waals surface area (Å²) < 4.78 is 0. The van der Waals surface area contributed by atoms with Crippen LogP contribution >= 0.6 is 0 Å². The molecule has 0 aromatic rings. The van der Waals surface area contributed by atoms with Crippen LogP contribution in [0.4, 0.5) is 0 Å². The van der Waals surface area contributed by atoms with Gasteiger partial charge in [-0.15, -0.1) is 0 Å². The summed E-state index contributed by atoms with van der Waals surface area (Å²) in [7, 11) is 1.38. The van der Waals surface area contributed by atoms with Crippen LogP contribution in [0.15, 0.2) is 0 Å². The maximum Gasteiger partial charge on any atom is 0.325 e. The third-order valence-corrected chi connectivity index (χ3v) is 0.892. The van der Waals surface area contributed by atoms with E-state index < -0.39 is 11.5 Å². The molecule has 0 bridgehead atoms. The Morgan fingerprint density at radius 3 is 2.22 bits per heavy atom. The predicted molar refractivity (Wildman–Crippen MR) is 31.9 cm³/mol. The number of carbonyl (C=O) groups is 1. The molecule has 54 valence electrons. The number of carboxylic acids is 1. The van der Waals surface area contributed by atoms with E-state index >= 15 is 0 Å². The van der Waals surface area contributed by atoms with E-state index in [1.165, 1.54) is 21.0 Å². The van der Waals surface area contributed by atoms with Gasteiger partial charge in [-0.1, -0.05) is 0 Å². The lowest BCUT2D eigenvalue weighted by Crippen LogP contribution is -2.45. The van der Waals surface area contributed by atoms with E-state index in [1.807, 2.05) is 0 Å². The van der Waals surface area contributed by atoms with Gasteiger partial charge in [-0.25, -0.2) is 0 Å². The van der Waals surface area contributed by atoms with Crippen molar-refractivity contribution in [3.8, 4) is 0 Å². The molecule has 0 aliphatic carbocycles. The highest BCUT2D eigenvalue weighted by Gasteiger charge is 2.26. The van der Waals surface area contributed by atoms with Crippen molar-refractivity contribution in [1.82, 2.24) is 5.48 Å². The zero-order valence-corrected chi connectivity index (χ0v) is 5.76. The van der Waals surface area contributed by atoms with Crippen LogP contribution in [0.25, 0.3) is 0 Å². The zero-order valence-electron chi connectivity index (χ0n) is 5.76. The lowest BCUT2D eigenvalue weighted by molar-refractivity contribution is -0.149. The van der Waals surface area contributed by atoms with Crippen molar-refractivity contribution in [2.24, 2.45) is 0 Å². The van der Waals surface area contributed by atoms with Crippen molar-refractivity contribution in [2.75, 3.05) is 7.11 Å². The Labute approximate surface area is 53.8 Å². The molecule has 0 aliphatic heterocycles. The molecular formula is C5H11NO3. The van der Waals surface area contributed by atoms with Crippen LogP contribution in [0.1, 0.15) is 13.8 Å². The van der Waals surface area contributed by atoms with Crippen molar-refractivity contribution in [1.29, 1.82) is 0 Å². The summed E-state index contributed by atoms with van der Waals surface area (Å²) in [4.78, 5) is 14.7. The Bertz CT molecular complexity index is 111. The number of hydroxylamine groups is 1. The van der Waals surface area contributed by atoms with Gasteiger partial charge in [0.15, 0.2) is 0 Å². The molecule has 0 saturated heterocycles. The van der Waals surface area contributed by atoms with Gasteiger partial charge in [-0.3, -0.25) is 4.79 Å². The Balaban J connectivity index is 3.85. The first-order chi connectivity index (χ1) is 4.00. The van der Waals surface area contributed by atoms with E-state index in [2.05, 4.69) is 10.3 Å². The molecule has 0 aromatic heterocycles. The predicted octanol–water partition coefficient (Wildman–Crippen LogP) is 0.000600. The fourth-order valence-electron chi connectivity index (χ4n) is 0.299. The molecule has 0 rings (SSSR count). The van der Waals surface area contributed by atoms with Crippen LogP contribution in [0.5, 0.6) is 0 Å². The van der Waals surface area contributed by atoms with Gasteiger partial charge in [0.25, 0.3) is 0 Å². The molecule has 4 heteroatoms. The minimum Gasteiger partial charge on any atom is -0.480 e. The highest BCUT2D eigenvalue weighted by molar-refractivity contribution is 5.77. The first-order valence-electron chi connectivity index (χ1n) is 2.54. The van der Waals surface area contributed by atoms with Gasteiger partial charge in [-0.2, -0.15) is 5.48 Å². The molecule has 0 amide bonds. The number of carboxylic acid groups (broad SMARTS) is 1. The van der Waals surface area contributed by atoms with E-state index in [9.17, 15) is 4.79 Å². The van der Waals surface area contributed by atoms with E-state index in [1.54, 1.807) is 0 Å². The lowest BCUT2D eigenvalue weighted by atomic mass is 10.1. The fraction of sp³-hybridized carbons (Fsp3) is 0.800. The molecule has 0 heterocycles. The quantitative estimate of drug-likeness (QED) is 0.532. The normalized spacial score (nSPS) is 11.4. The van der Waals surface area contributed by atoms with Gasteiger partial charge in [0.2, 0.25) is 0 Å². The van der Waals surface area contributed by atoms with Crippen LogP contribution in [-0.2, 0) is 9.63 Å². The number of aliphatic carboxylic acids is 1. The van der Waals surface area contributed by atoms with E-state index in [-0.39, 0.29) is 0 Å². The van der Waals surface area contributed by atoms with Crippen molar-refractivity contribution >= 4 is 5.97 Å². The Kier molecular flexibility index (Phi) is 2.61. The molecule has 0 unspecified atom stereocenters. The maximum atomic E-state index is 10.3. The van der Waals surface area contributed by atoms with Gasteiger partial charge < -0.3 is 9.94 Å². The number of nitrogens with one attached hydrogen (secondary N) is 1. The summed E-state index contributed by atoms with van der Waals surface area (Å²) in [6.45, 7) is 3.03. The average Bonchev–Trinajstić information content (AvgIpc) is 1.65. The lowest BCUT2D eigenvalue weighted by Gasteiger charge is -2.18. The summed E-state index contributed by atoms with van der Waals surface area (Å²) in [6, 6.07) is 0. The number of hydrogen-bond acceptors (Lipinski definition) is 3. The Hall–Kier alpha value is -0.610. The van der Waals surface area contributed by atoms with E-state index in [0.29, 0.717) is 0 Å². The third-order valence-electron chi connectivity index (χ3n) is 0.892. The van der Waals surface area contributed by atoms with Crippen LogP contribution in [0, 0.1) is 0 Å². The minimum absolute atomic E-state index is 0.940. The minimum atomic E-state index is -1.01. The molecule has 4 nitrogen and oxygen atoms in total. The molecule has 0 atom stereocenters. The standard InChI is InChI=1S/C5H11NO3/c1-5(2,4(7)8)6-9-3/h6H,1-3H3,(H,7,8). The Morgan fingerprint density at radius 1 is 1.67 bits per heavy atom. The molecule has 0 saturated carbocycles. The summed E-state index contributed by atoms with van der Waals surface area (Å²) in [5.74, 6) is -0.940. The number of rotatable bonds is 3. The second kappa shape index (κ2) is 2.80. The molecule has 9 heavy (non-hydrogen) atoms. The summed E-state index contributed by atoms with van der Waals surface area (Å²) in [6.07, 6.45) is 0. The second-order valence-corrected chi connectivity index (χ2v) is 2.24. The van der Waals surface area contributed by atoms with Crippen LogP contribution in [0.2, 0.25) is 0 Å². The second-order valence-electron chi connectivity index (χ2n) is 2.24. The molecule has 0 radical (unpaired) electrons. The van der Waals surface area contributed by atoms with Crippen molar-refractivity contribution in [3.05, 3.63) is 0 Å². The summed E-state index contributed by atoms with van der Waals surface area (Å²) in [5, 5.41) is 8.43. The molecule has 2 N–H and O–H groups in total. The highest BCUT2D eigenvalue weighted by Crippen LogP contribution is 1.99. The monoisotopic (exact) mass is 133 g/mol. The Morgan fingerprint density at radius 2 is 2.11 bits per heavy atom. The topological polar surface area (TPSA) is 58.6 Å². The zero-order chi connectivity index (χ0) is 7.49. The largest absolute Gasteiger partial charge is 0.480 e. The summed E-state index contributed by atoms with van der Waals surface area (Å²) >= 11 is 0. The SMILES string of the molecule is CONC(C)(C)C(=O)O. The molecule has 0 fully saturated rings. The fourth-order valence-corrected chi connectivity index (χ4v) is 0.299. The molecule has 0 aliphatic rings. The molecular weight excluding hydrogens is 122 g/mol. The smallest absolute Gasteiger partial charge is 0.325 e. The van der Waals surface area contributed by atoms with Gasteiger partial charge >= 0.3 is 5.97 Å². The molecule has 0 aromatic carbocycles. The number of hydrogen-bond donors (Lipinski definition) is 2. The highest BCUT2D eigenvalue weighted by atomic mass is 16.6. The van der Waals surface area contributed by atoms with Crippen LogP contribution < -0.4 is 5.48 Å². The van der Waals surface area contributed by atoms with Crippen molar-refractivity contribution in [2.45, 2.75) is 19.4 Å². The van der Waals surface area contributed by atoms with Crippen molar-refractivity contribution < 1.29 is 14.7 Å². The van der Waals surface area contributed by atoms with Crippen LogP contribution in [0.3, 0.4) is 0 Å². The van der Waals surface area contributed by atoms with Gasteiger partial charge in [0.1, 0.15) is 5.54 Å². The van der Waals surface area contributed by atoms with E-state index in [4.69, 9.17) is 5.11 Å². The first kappa shape index (κ1) is 8.39. The first-order valence-corrected chi connectivity index (χ1v) is 2.54. The maximum absolute atomic E-state index is 10.3.